The lowest BCUT2D eigenvalue weighted by Gasteiger charge is -2.06. The average molecular weight is 269 g/mol. The summed E-state index contributed by atoms with van der Waals surface area (Å²) in [6.45, 7) is 0.361. The standard InChI is InChI=1S/C16H15NO3/c1-17-9-11(13-7-6-12(18)8-14(13)17)10-20-16-5-3-2-4-15(16)19/h2-9,18-19H,10H2,1H3. The Bertz CT molecular complexity index is 762. The highest BCUT2D eigenvalue weighted by Crippen LogP contribution is 2.28. The minimum absolute atomic E-state index is 0.130. The first-order valence-corrected chi connectivity index (χ1v) is 6.33. The topological polar surface area (TPSA) is 54.6 Å². The second-order valence-corrected chi connectivity index (χ2v) is 4.72. The number of hydrogen-bond acceptors (Lipinski definition) is 3. The van der Waals surface area contributed by atoms with E-state index in [2.05, 4.69) is 0 Å². The number of hydrogen-bond donors (Lipinski definition) is 2. The van der Waals surface area contributed by atoms with Crippen LogP contribution in [-0.4, -0.2) is 14.8 Å². The maximum atomic E-state index is 9.68. The fourth-order valence-electron chi connectivity index (χ4n) is 2.31. The van der Waals surface area contributed by atoms with Crippen LogP contribution in [0.4, 0.5) is 0 Å². The Balaban J connectivity index is 1.90. The lowest BCUT2D eigenvalue weighted by Crippen LogP contribution is -1.94. The van der Waals surface area contributed by atoms with Gasteiger partial charge in [-0.15, -0.1) is 0 Å². The fraction of sp³-hybridized carbons (Fsp3) is 0.125. The minimum Gasteiger partial charge on any atom is -0.508 e. The largest absolute Gasteiger partial charge is 0.508 e. The Hall–Kier alpha value is -2.62. The number of rotatable bonds is 3. The molecule has 0 spiro atoms. The molecule has 20 heavy (non-hydrogen) atoms. The molecule has 3 rings (SSSR count). The molecule has 0 aliphatic carbocycles. The summed E-state index contributed by atoms with van der Waals surface area (Å²) in [7, 11) is 1.92. The quantitative estimate of drug-likeness (QED) is 0.768. The average Bonchev–Trinajstić information content (AvgIpc) is 2.74. The lowest BCUT2D eigenvalue weighted by molar-refractivity contribution is 0.290. The smallest absolute Gasteiger partial charge is 0.161 e. The fourth-order valence-corrected chi connectivity index (χ4v) is 2.31. The number of fused-ring (bicyclic) bond motifs is 1. The van der Waals surface area contributed by atoms with Crippen LogP contribution in [0.1, 0.15) is 5.56 Å². The Morgan fingerprint density at radius 3 is 2.70 bits per heavy atom. The van der Waals surface area contributed by atoms with Crippen LogP contribution in [0.2, 0.25) is 0 Å². The number of aromatic hydroxyl groups is 2. The SMILES string of the molecule is Cn1cc(COc2ccccc2O)c2ccc(O)cc21. The highest BCUT2D eigenvalue weighted by atomic mass is 16.5. The van der Waals surface area contributed by atoms with Crippen molar-refractivity contribution in [2.45, 2.75) is 6.61 Å². The summed E-state index contributed by atoms with van der Waals surface area (Å²) >= 11 is 0. The second-order valence-electron chi connectivity index (χ2n) is 4.72. The van der Waals surface area contributed by atoms with E-state index in [1.54, 1.807) is 30.3 Å². The van der Waals surface area contributed by atoms with Crippen molar-refractivity contribution in [3.05, 3.63) is 54.2 Å². The normalized spacial score (nSPS) is 10.8. The number of phenols is 2. The van der Waals surface area contributed by atoms with Gasteiger partial charge in [0.25, 0.3) is 0 Å². The van der Waals surface area contributed by atoms with Gasteiger partial charge in [-0.05, 0) is 24.3 Å². The third-order valence-electron chi connectivity index (χ3n) is 3.31. The van der Waals surface area contributed by atoms with E-state index in [4.69, 9.17) is 4.74 Å². The molecule has 1 aromatic heterocycles. The predicted octanol–water partition coefficient (Wildman–Crippen LogP) is 3.17. The molecular formula is C16H15NO3. The summed E-state index contributed by atoms with van der Waals surface area (Å²) in [4.78, 5) is 0. The van der Waals surface area contributed by atoms with Gasteiger partial charge < -0.3 is 19.5 Å². The molecule has 4 nitrogen and oxygen atoms in total. The summed E-state index contributed by atoms with van der Waals surface area (Å²) in [6.07, 6.45) is 1.96. The van der Waals surface area contributed by atoms with Gasteiger partial charge in [0.05, 0.1) is 5.52 Å². The molecule has 0 saturated carbocycles. The minimum atomic E-state index is 0.130. The molecule has 0 fully saturated rings. The molecule has 4 heteroatoms. The van der Waals surface area contributed by atoms with Crippen molar-refractivity contribution < 1.29 is 14.9 Å². The number of ether oxygens (including phenoxy) is 1. The molecule has 0 radical (unpaired) electrons. The molecule has 2 N–H and O–H groups in total. The van der Waals surface area contributed by atoms with Gasteiger partial charge >= 0.3 is 0 Å². The Labute approximate surface area is 116 Å². The Kier molecular flexibility index (Phi) is 2.99. The zero-order valence-electron chi connectivity index (χ0n) is 11.1. The molecule has 0 aliphatic rings. The van der Waals surface area contributed by atoms with Crippen LogP contribution >= 0.6 is 0 Å². The van der Waals surface area contributed by atoms with Gasteiger partial charge in [-0.2, -0.15) is 0 Å². The summed E-state index contributed by atoms with van der Waals surface area (Å²) in [6, 6.07) is 12.1. The summed E-state index contributed by atoms with van der Waals surface area (Å²) < 4.78 is 7.59. The molecular weight excluding hydrogens is 254 g/mol. The van der Waals surface area contributed by atoms with Gasteiger partial charge in [-0.25, -0.2) is 0 Å². The van der Waals surface area contributed by atoms with Crippen LogP contribution in [-0.2, 0) is 13.7 Å². The first-order chi connectivity index (χ1) is 9.65. The van der Waals surface area contributed by atoms with Crippen LogP contribution in [0.25, 0.3) is 10.9 Å². The van der Waals surface area contributed by atoms with Crippen molar-refractivity contribution >= 4 is 10.9 Å². The van der Waals surface area contributed by atoms with E-state index in [0.717, 1.165) is 16.5 Å². The van der Waals surface area contributed by atoms with Gasteiger partial charge in [0, 0.05) is 30.3 Å². The summed E-state index contributed by atoms with van der Waals surface area (Å²) in [5.74, 6) is 0.834. The lowest BCUT2D eigenvalue weighted by atomic mass is 10.2. The zero-order valence-corrected chi connectivity index (χ0v) is 11.1. The molecule has 102 valence electrons. The van der Waals surface area contributed by atoms with E-state index in [0.29, 0.717) is 12.4 Å². The first kappa shape index (κ1) is 12.4. The van der Waals surface area contributed by atoms with Gasteiger partial charge in [0.1, 0.15) is 12.4 Å². The van der Waals surface area contributed by atoms with E-state index in [1.165, 1.54) is 0 Å². The summed E-state index contributed by atoms with van der Waals surface area (Å²) in [5.41, 5.74) is 1.95. The second kappa shape index (κ2) is 4.81. The zero-order chi connectivity index (χ0) is 14.1. The molecule has 2 aromatic carbocycles. The van der Waals surface area contributed by atoms with Crippen LogP contribution in [0.5, 0.6) is 17.2 Å². The molecule has 0 unspecified atom stereocenters. The Morgan fingerprint density at radius 2 is 1.90 bits per heavy atom. The van der Waals surface area contributed by atoms with Crippen molar-refractivity contribution in [2.75, 3.05) is 0 Å². The third kappa shape index (κ3) is 2.16. The number of aryl methyl sites for hydroxylation is 1. The molecule has 0 aliphatic heterocycles. The molecule has 3 aromatic rings. The number of aromatic nitrogens is 1. The molecule has 0 bridgehead atoms. The van der Waals surface area contributed by atoms with Crippen LogP contribution in [0.3, 0.4) is 0 Å². The van der Waals surface area contributed by atoms with Crippen molar-refractivity contribution in [2.24, 2.45) is 7.05 Å². The number of nitrogens with zero attached hydrogens (tertiary/aromatic N) is 1. The van der Waals surface area contributed by atoms with Crippen LogP contribution < -0.4 is 4.74 Å². The van der Waals surface area contributed by atoms with Gasteiger partial charge in [0.2, 0.25) is 0 Å². The molecule has 0 saturated heterocycles. The van der Waals surface area contributed by atoms with Crippen LogP contribution in [0.15, 0.2) is 48.7 Å². The predicted molar refractivity (Wildman–Crippen MR) is 77.0 cm³/mol. The van der Waals surface area contributed by atoms with Crippen molar-refractivity contribution in [3.63, 3.8) is 0 Å². The van der Waals surface area contributed by atoms with Crippen molar-refractivity contribution in [3.8, 4) is 17.2 Å². The summed E-state index contributed by atoms with van der Waals surface area (Å²) in [5, 5.41) is 20.2. The highest BCUT2D eigenvalue weighted by molar-refractivity contribution is 5.85. The number of para-hydroxylation sites is 2. The van der Waals surface area contributed by atoms with Crippen molar-refractivity contribution in [1.29, 1.82) is 0 Å². The van der Waals surface area contributed by atoms with E-state index >= 15 is 0 Å². The van der Waals surface area contributed by atoms with Gasteiger partial charge in [-0.3, -0.25) is 0 Å². The highest BCUT2D eigenvalue weighted by Gasteiger charge is 2.09. The van der Waals surface area contributed by atoms with E-state index in [9.17, 15) is 10.2 Å². The maximum absolute atomic E-state index is 9.68. The Morgan fingerprint density at radius 1 is 1.10 bits per heavy atom. The first-order valence-electron chi connectivity index (χ1n) is 6.33. The number of phenolic OH excluding ortho intramolecular Hbond substituents is 2. The molecule has 0 atom stereocenters. The third-order valence-corrected chi connectivity index (χ3v) is 3.31. The van der Waals surface area contributed by atoms with Crippen molar-refractivity contribution in [1.82, 2.24) is 4.57 Å². The van der Waals surface area contributed by atoms with E-state index < -0.39 is 0 Å². The van der Waals surface area contributed by atoms with Gasteiger partial charge in [0.15, 0.2) is 11.5 Å². The van der Waals surface area contributed by atoms with E-state index in [1.807, 2.05) is 29.9 Å². The molecule has 0 amide bonds. The monoisotopic (exact) mass is 269 g/mol. The molecule has 1 heterocycles. The number of benzene rings is 2. The van der Waals surface area contributed by atoms with Gasteiger partial charge in [-0.1, -0.05) is 12.1 Å². The van der Waals surface area contributed by atoms with Crippen LogP contribution in [0, 0.1) is 0 Å². The van der Waals surface area contributed by atoms with E-state index in [-0.39, 0.29) is 11.5 Å². The maximum Gasteiger partial charge on any atom is 0.161 e.